The Morgan fingerprint density at radius 2 is 1.65 bits per heavy atom. The van der Waals surface area contributed by atoms with Crippen LogP contribution in [-0.2, 0) is 0 Å². The second-order valence-electron chi connectivity index (χ2n) is 8.27. The number of carbonyl (C=O) groups excluding carboxylic acids is 1. The minimum absolute atomic E-state index is 0.0967. The number of halogens is 1. The molecular formula is C29H23ClN2OS. The van der Waals surface area contributed by atoms with Gasteiger partial charge in [-0.1, -0.05) is 91.0 Å². The molecule has 1 N–H and O–H groups in total. The van der Waals surface area contributed by atoms with Crippen LogP contribution in [0, 0.1) is 0 Å². The average Bonchev–Trinajstić information content (AvgIpc) is 3.04. The van der Waals surface area contributed by atoms with Crippen LogP contribution in [0.3, 0.4) is 0 Å². The molecule has 1 aliphatic heterocycles. The van der Waals surface area contributed by atoms with Crippen molar-refractivity contribution in [2.24, 2.45) is 4.99 Å². The van der Waals surface area contributed by atoms with E-state index in [1.807, 2.05) is 72.8 Å². The van der Waals surface area contributed by atoms with Gasteiger partial charge in [0.25, 0.3) is 5.91 Å². The van der Waals surface area contributed by atoms with Crippen molar-refractivity contribution in [3.8, 4) is 0 Å². The number of hydrogen-bond acceptors (Lipinski definition) is 3. The Morgan fingerprint density at radius 3 is 2.44 bits per heavy atom. The monoisotopic (exact) mass is 482 g/mol. The highest BCUT2D eigenvalue weighted by Crippen LogP contribution is 2.41. The molecule has 1 amide bonds. The smallest absolute Gasteiger partial charge is 0.251 e. The van der Waals surface area contributed by atoms with Crippen molar-refractivity contribution in [1.82, 2.24) is 5.32 Å². The summed E-state index contributed by atoms with van der Waals surface area (Å²) in [5.41, 5.74) is 5.51. The number of nitrogens with one attached hydrogen (secondary N) is 1. The average molecular weight is 483 g/mol. The largest absolute Gasteiger partial charge is 0.351 e. The van der Waals surface area contributed by atoms with Gasteiger partial charge in [-0.2, -0.15) is 0 Å². The first kappa shape index (κ1) is 22.5. The number of fused-ring (bicyclic) bond motifs is 2. The molecule has 0 aliphatic carbocycles. The van der Waals surface area contributed by atoms with Gasteiger partial charge in [0.1, 0.15) is 0 Å². The molecule has 0 radical (unpaired) electrons. The van der Waals surface area contributed by atoms with Crippen LogP contribution in [0.25, 0.3) is 0 Å². The van der Waals surface area contributed by atoms with Gasteiger partial charge in [-0.3, -0.25) is 4.79 Å². The second kappa shape index (κ2) is 9.88. The second-order valence-corrected chi connectivity index (χ2v) is 9.79. The Labute approximate surface area is 208 Å². The number of amides is 1. The Bertz CT molecular complexity index is 1370. The van der Waals surface area contributed by atoms with Crippen molar-refractivity contribution in [3.63, 3.8) is 0 Å². The summed E-state index contributed by atoms with van der Waals surface area (Å²) in [5.74, 6) is 0.131. The van der Waals surface area contributed by atoms with Gasteiger partial charge >= 0.3 is 0 Å². The van der Waals surface area contributed by atoms with Crippen molar-refractivity contribution in [3.05, 3.63) is 124 Å². The van der Waals surface area contributed by atoms with E-state index >= 15 is 0 Å². The standard InChI is InChI=1S/C29H23ClN2OS/c1-19(20-7-3-2-4-8-20)18-31-29(33)22-13-16-27-25(17-22)32-28(21-11-14-23(30)15-12-21)24-9-5-6-10-26(24)34-27/h2-17,19H,18H2,1H3,(H,31,33). The molecule has 5 heteroatoms. The fourth-order valence-electron chi connectivity index (χ4n) is 3.96. The van der Waals surface area contributed by atoms with E-state index in [1.165, 1.54) is 5.56 Å². The molecule has 4 aromatic carbocycles. The summed E-state index contributed by atoms with van der Waals surface area (Å²) in [6.07, 6.45) is 0. The number of carbonyl (C=O) groups is 1. The van der Waals surface area contributed by atoms with Crippen LogP contribution >= 0.6 is 23.4 Å². The lowest BCUT2D eigenvalue weighted by Crippen LogP contribution is -2.27. The zero-order valence-electron chi connectivity index (χ0n) is 18.7. The molecule has 3 nitrogen and oxygen atoms in total. The number of hydrogen-bond donors (Lipinski definition) is 1. The van der Waals surface area contributed by atoms with Crippen molar-refractivity contribution in [2.45, 2.75) is 22.6 Å². The van der Waals surface area contributed by atoms with Gasteiger partial charge in [0.05, 0.1) is 11.4 Å². The molecule has 0 aromatic heterocycles. The highest BCUT2D eigenvalue weighted by molar-refractivity contribution is 7.99. The number of aliphatic imine (C=N–C) groups is 1. The SMILES string of the molecule is CC(CNC(=O)c1ccc2c(c1)N=C(c1ccc(Cl)cc1)c1ccccc1S2)c1ccccc1. The molecule has 0 fully saturated rings. The van der Waals surface area contributed by atoms with Crippen LogP contribution in [0.5, 0.6) is 0 Å². The topological polar surface area (TPSA) is 41.5 Å². The summed E-state index contributed by atoms with van der Waals surface area (Å²) in [4.78, 5) is 20.2. The predicted molar refractivity (Wildman–Crippen MR) is 141 cm³/mol. The van der Waals surface area contributed by atoms with Crippen LogP contribution in [0.4, 0.5) is 5.69 Å². The summed E-state index contributed by atoms with van der Waals surface area (Å²) in [7, 11) is 0. The molecule has 0 saturated heterocycles. The third-order valence-electron chi connectivity index (χ3n) is 5.87. The quantitative estimate of drug-likeness (QED) is 0.281. The number of benzene rings is 4. The molecular weight excluding hydrogens is 460 g/mol. The van der Waals surface area contributed by atoms with E-state index in [4.69, 9.17) is 16.6 Å². The maximum atomic E-state index is 13.0. The third-order valence-corrected chi connectivity index (χ3v) is 7.26. The summed E-state index contributed by atoms with van der Waals surface area (Å²) in [6, 6.07) is 31.9. The number of nitrogens with zero attached hydrogens (tertiary/aromatic N) is 1. The molecule has 168 valence electrons. The van der Waals surface area contributed by atoms with E-state index < -0.39 is 0 Å². The highest BCUT2D eigenvalue weighted by atomic mass is 35.5. The number of rotatable bonds is 5. The normalized spacial score (nSPS) is 13.2. The molecule has 5 rings (SSSR count). The summed E-state index contributed by atoms with van der Waals surface area (Å²) >= 11 is 7.79. The van der Waals surface area contributed by atoms with E-state index in [0.29, 0.717) is 17.1 Å². The summed E-state index contributed by atoms with van der Waals surface area (Å²) < 4.78 is 0. The first-order chi connectivity index (χ1) is 16.6. The highest BCUT2D eigenvalue weighted by Gasteiger charge is 2.20. The van der Waals surface area contributed by atoms with E-state index in [9.17, 15) is 4.79 Å². The Kier molecular flexibility index (Phi) is 6.52. The van der Waals surface area contributed by atoms with E-state index in [-0.39, 0.29) is 11.8 Å². The van der Waals surface area contributed by atoms with Crippen LogP contribution in [0.1, 0.15) is 39.9 Å². The fraction of sp³-hybridized carbons (Fsp3) is 0.103. The van der Waals surface area contributed by atoms with Crippen LogP contribution in [-0.4, -0.2) is 18.2 Å². The van der Waals surface area contributed by atoms with Gasteiger partial charge in [0.2, 0.25) is 0 Å². The van der Waals surface area contributed by atoms with Crippen LogP contribution in [0.2, 0.25) is 5.02 Å². The zero-order valence-corrected chi connectivity index (χ0v) is 20.2. The van der Waals surface area contributed by atoms with Crippen LogP contribution < -0.4 is 5.32 Å². The summed E-state index contributed by atoms with van der Waals surface area (Å²) in [5, 5.41) is 3.76. The lowest BCUT2D eigenvalue weighted by atomic mass is 10.0. The van der Waals surface area contributed by atoms with Gasteiger partial charge < -0.3 is 5.32 Å². The molecule has 1 aliphatic rings. The first-order valence-electron chi connectivity index (χ1n) is 11.2. The van der Waals surface area contributed by atoms with Crippen LogP contribution in [0.15, 0.2) is 112 Å². The molecule has 0 spiro atoms. The Morgan fingerprint density at radius 1 is 0.912 bits per heavy atom. The predicted octanol–water partition coefficient (Wildman–Crippen LogP) is 7.51. The van der Waals surface area contributed by atoms with Crippen molar-refractivity contribution >= 4 is 40.7 Å². The third kappa shape index (κ3) is 4.79. The van der Waals surface area contributed by atoms with E-state index in [2.05, 4.69) is 36.5 Å². The van der Waals surface area contributed by atoms with Gasteiger partial charge in [-0.25, -0.2) is 4.99 Å². The van der Waals surface area contributed by atoms with Gasteiger partial charge in [-0.15, -0.1) is 0 Å². The Balaban J connectivity index is 1.45. The van der Waals surface area contributed by atoms with Crippen molar-refractivity contribution < 1.29 is 4.79 Å². The van der Waals surface area contributed by atoms with E-state index in [0.717, 1.165) is 32.3 Å². The van der Waals surface area contributed by atoms with Gasteiger partial charge in [0, 0.05) is 38.0 Å². The molecule has 34 heavy (non-hydrogen) atoms. The molecule has 1 atom stereocenters. The molecule has 0 saturated carbocycles. The Hall–Kier alpha value is -3.34. The lowest BCUT2D eigenvalue weighted by Gasteiger charge is -2.13. The zero-order chi connectivity index (χ0) is 23.5. The minimum atomic E-state index is -0.0967. The van der Waals surface area contributed by atoms with Gasteiger partial charge in [-0.05, 0) is 47.9 Å². The fourth-order valence-corrected chi connectivity index (χ4v) is 5.09. The van der Waals surface area contributed by atoms with Crippen molar-refractivity contribution in [1.29, 1.82) is 0 Å². The molecule has 1 unspecified atom stereocenters. The first-order valence-corrected chi connectivity index (χ1v) is 12.4. The van der Waals surface area contributed by atoms with Gasteiger partial charge in [0.15, 0.2) is 0 Å². The van der Waals surface area contributed by atoms with E-state index in [1.54, 1.807) is 11.8 Å². The molecule has 4 aromatic rings. The lowest BCUT2D eigenvalue weighted by molar-refractivity contribution is 0.0951. The summed E-state index contributed by atoms with van der Waals surface area (Å²) in [6.45, 7) is 2.68. The minimum Gasteiger partial charge on any atom is -0.351 e. The van der Waals surface area contributed by atoms with Crippen molar-refractivity contribution in [2.75, 3.05) is 6.54 Å². The maximum absolute atomic E-state index is 13.0. The molecule has 1 heterocycles. The molecule has 0 bridgehead atoms. The maximum Gasteiger partial charge on any atom is 0.251 e.